The first-order chi connectivity index (χ1) is 14.8. The van der Waals surface area contributed by atoms with E-state index in [-0.39, 0.29) is 10.8 Å². The Morgan fingerprint density at radius 1 is 1.03 bits per heavy atom. The van der Waals surface area contributed by atoms with Crippen molar-refractivity contribution in [3.05, 3.63) is 53.9 Å². The van der Waals surface area contributed by atoms with Gasteiger partial charge in [-0.05, 0) is 56.2 Å². The third-order valence-electron chi connectivity index (χ3n) is 5.44. The zero-order chi connectivity index (χ0) is 22.0. The van der Waals surface area contributed by atoms with Crippen LogP contribution in [0.5, 0.6) is 0 Å². The molecular weight excluding hydrogens is 414 g/mol. The Kier molecular flexibility index (Phi) is 5.88. The quantitative estimate of drug-likeness (QED) is 0.644. The van der Waals surface area contributed by atoms with Crippen LogP contribution in [0.2, 0.25) is 0 Å². The third kappa shape index (κ3) is 4.67. The fraction of sp³-hybridized carbons (Fsp3) is 0.318. The number of aryl methyl sites for hydroxylation is 1. The largest absolute Gasteiger partial charge is 0.354 e. The number of benzene rings is 1. The summed E-state index contributed by atoms with van der Waals surface area (Å²) in [6, 6.07) is 9.87. The number of rotatable bonds is 4. The summed E-state index contributed by atoms with van der Waals surface area (Å²) < 4.78 is 23.1. The number of anilines is 2. The second-order valence-electron chi connectivity index (χ2n) is 7.77. The zero-order valence-electron chi connectivity index (χ0n) is 17.3. The second-order valence-corrected chi connectivity index (χ2v) is 9.33. The van der Waals surface area contributed by atoms with E-state index < -0.39 is 10.0 Å². The van der Waals surface area contributed by atoms with Gasteiger partial charge in [0.05, 0.1) is 16.1 Å². The summed E-state index contributed by atoms with van der Waals surface area (Å²) in [5.41, 5.74) is 3.07. The Morgan fingerprint density at radius 2 is 1.71 bits per heavy atom. The minimum Gasteiger partial charge on any atom is -0.354 e. The molecule has 0 atom stereocenters. The van der Waals surface area contributed by atoms with Crippen molar-refractivity contribution < 1.29 is 13.2 Å². The van der Waals surface area contributed by atoms with Crippen LogP contribution < -0.4 is 10.5 Å². The topological polar surface area (TPSA) is 118 Å². The molecule has 2 aromatic heterocycles. The van der Waals surface area contributed by atoms with Crippen LogP contribution >= 0.6 is 0 Å². The highest BCUT2D eigenvalue weighted by atomic mass is 32.2. The van der Waals surface area contributed by atoms with E-state index in [1.165, 1.54) is 12.1 Å². The number of amides is 1. The number of carbonyl (C=O) groups is 1. The number of nitrogens with zero attached hydrogens (tertiary/aromatic N) is 3. The lowest BCUT2D eigenvalue weighted by molar-refractivity contribution is 0.0762. The van der Waals surface area contributed by atoms with Gasteiger partial charge in [-0.2, -0.15) is 0 Å². The van der Waals surface area contributed by atoms with Crippen molar-refractivity contribution in [3.63, 3.8) is 0 Å². The Morgan fingerprint density at radius 3 is 2.35 bits per heavy atom. The van der Waals surface area contributed by atoms with Crippen molar-refractivity contribution in [2.75, 3.05) is 18.4 Å². The van der Waals surface area contributed by atoms with Gasteiger partial charge in [-0.25, -0.2) is 23.5 Å². The molecule has 1 saturated heterocycles. The second kappa shape index (κ2) is 8.60. The zero-order valence-corrected chi connectivity index (χ0v) is 18.2. The van der Waals surface area contributed by atoms with Crippen LogP contribution in [0.15, 0.2) is 47.5 Å². The van der Waals surface area contributed by atoms with E-state index in [1.54, 1.807) is 18.3 Å². The Balaban J connectivity index is 1.77. The van der Waals surface area contributed by atoms with Crippen LogP contribution in [0.1, 0.15) is 41.7 Å². The third-order valence-corrected chi connectivity index (χ3v) is 6.37. The van der Waals surface area contributed by atoms with Gasteiger partial charge in [0.25, 0.3) is 5.91 Å². The molecule has 31 heavy (non-hydrogen) atoms. The monoisotopic (exact) mass is 439 g/mol. The van der Waals surface area contributed by atoms with Crippen molar-refractivity contribution in [2.24, 2.45) is 5.14 Å². The number of nitrogens with two attached hydrogens (primary N) is 1. The highest BCUT2D eigenvalue weighted by Crippen LogP contribution is 2.30. The number of hydrogen-bond donors (Lipinski definition) is 2. The Hall–Kier alpha value is -3.04. The summed E-state index contributed by atoms with van der Waals surface area (Å²) in [7, 11) is -3.78. The first-order valence-corrected chi connectivity index (χ1v) is 11.8. The van der Waals surface area contributed by atoms with E-state index in [4.69, 9.17) is 5.14 Å². The molecule has 162 valence electrons. The maximum absolute atomic E-state index is 13.4. The predicted octanol–water partition coefficient (Wildman–Crippen LogP) is 3.35. The number of primary sulfonamides is 1. The molecule has 0 bridgehead atoms. The van der Waals surface area contributed by atoms with Crippen LogP contribution in [0.25, 0.3) is 11.0 Å². The molecule has 3 heterocycles. The minimum absolute atomic E-state index is 0.0239. The number of hydrogen-bond acceptors (Lipinski definition) is 6. The van der Waals surface area contributed by atoms with E-state index in [2.05, 4.69) is 15.3 Å². The first kappa shape index (κ1) is 21.2. The molecule has 0 spiro atoms. The van der Waals surface area contributed by atoms with Crippen LogP contribution in [0.4, 0.5) is 11.4 Å². The van der Waals surface area contributed by atoms with Crippen LogP contribution in [0, 0.1) is 6.92 Å². The molecule has 9 heteroatoms. The molecule has 8 nitrogen and oxygen atoms in total. The average molecular weight is 440 g/mol. The number of fused-ring (bicyclic) bond motifs is 1. The number of carbonyl (C=O) groups excluding carboxylic acids is 1. The lowest BCUT2D eigenvalue weighted by Gasteiger charge is -2.22. The van der Waals surface area contributed by atoms with Crippen molar-refractivity contribution >= 4 is 38.3 Å². The molecule has 0 radical (unpaired) electrons. The Labute approximate surface area is 181 Å². The molecule has 0 aliphatic carbocycles. The van der Waals surface area contributed by atoms with E-state index >= 15 is 0 Å². The SMILES string of the molecule is Cc1ccc2c(Nc3ccc(S(N)(=O)=O)cc3)c(C(=O)N3CCCCCC3)cnc2n1. The molecule has 1 amide bonds. The molecule has 0 saturated carbocycles. The normalized spacial score (nSPS) is 15.0. The highest BCUT2D eigenvalue weighted by Gasteiger charge is 2.23. The Bertz CT molecular complexity index is 1220. The number of aromatic nitrogens is 2. The molecular formula is C22H25N5O3S. The van der Waals surface area contributed by atoms with Gasteiger partial charge in [-0.1, -0.05) is 12.8 Å². The van der Waals surface area contributed by atoms with E-state index in [9.17, 15) is 13.2 Å². The molecule has 0 unspecified atom stereocenters. The van der Waals surface area contributed by atoms with E-state index in [0.717, 1.165) is 49.9 Å². The summed E-state index contributed by atoms with van der Waals surface area (Å²) in [5, 5.41) is 9.20. The number of sulfonamides is 1. The predicted molar refractivity (Wildman–Crippen MR) is 120 cm³/mol. The summed E-state index contributed by atoms with van der Waals surface area (Å²) in [4.78, 5) is 24.2. The molecule has 4 rings (SSSR count). The van der Waals surface area contributed by atoms with Gasteiger partial charge in [0.2, 0.25) is 10.0 Å². The number of pyridine rings is 2. The van der Waals surface area contributed by atoms with Gasteiger partial charge in [0.15, 0.2) is 5.65 Å². The van der Waals surface area contributed by atoms with Crippen molar-refractivity contribution in [1.29, 1.82) is 0 Å². The lowest BCUT2D eigenvalue weighted by atomic mass is 10.1. The molecule has 1 aliphatic rings. The maximum atomic E-state index is 13.4. The van der Waals surface area contributed by atoms with Gasteiger partial charge >= 0.3 is 0 Å². The summed E-state index contributed by atoms with van der Waals surface area (Å²) in [6.07, 6.45) is 5.81. The van der Waals surface area contributed by atoms with Crippen molar-refractivity contribution in [1.82, 2.24) is 14.9 Å². The number of nitrogens with one attached hydrogen (secondary N) is 1. The molecule has 3 aromatic rings. The average Bonchev–Trinajstić information content (AvgIpc) is 3.02. The van der Waals surface area contributed by atoms with Crippen molar-refractivity contribution in [3.8, 4) is 0 Å². The molecule has 1 fully saturated rings. The van der Waals surface area contributed by atoms with E-state index in [1.807, 2.05) is 24.0 Å². The van der Waals surface area contributed by atoms with Gasteiger partial charge in [0, 0.05) is 36.1 Å². The fourth-order valence-electron chi connectivity index (χ4n) is 3.79. The van der Waals surface area contributed by atoms with E-state index in [0.29, 0.717) is 22.6 Å². The van der Waals surface area contributed by atoms with Crippen LogP contribution in [-0.4, -0.2) is 42.3 Å². The van der Waals surface area contributed by atoms with Crippen LogP contribution in [-0.2, 0) is 10.0 Å². The van der Waals surface area contributed by atoms with Gasteiger partial charge in [0.1, 0.15) is 0 Å². The first-order valence-electron chi connectivity index (χ1n) is 10.3. The number of likely N-dealkylation sites (tertiary alicyclic amines) is 1. The summed E-state index contributed by atoms with van der Waals surface area (Å²) in [6.45, 7) is 3.34. The summed E-state index contributed by atoms with van der Waals surface area (Å²) >= 11 is 0. The molecule has 1 aromatic carbocycles. The minimum atomic E-state index is -3.78. The maximum Gasteiger partial charge on any atom is 0.257 e. The molecule has 1 aliphatic heterocycles. The molecule has 3 N–H and O–H groups in total. The summed E-state index contributed by atoms with van der Waals surface area (Å²) in [5.74, 6) is -0.0690. The lowest BCUT2D eigenvalue weighted by Crippen LogP contribution is -2.32. The van der Waals surface area contributed by atoms with Gasteiger partial charge in [-0.3, -0.25) is 4.79 Å². The van der Waals surface area contributed by atoms with Crippen molar-refractivity contribution in [2.45, 2.75) is 37.5 Å². The van der Waals surface area contributed by atoms with Crippen LogP contribution in [0.3, 0.4) is 0 Å². The highest BCUT2D eigenvalue weighted by molar-refractivity contribution is 7.89. The van der Waals surface area contributed by atoms with Gasteiger partial charge in [-0.15, -0.1) is 0 Å². The smallest absolute Gasteiger partial charge is 0.257 e. The fourth-order valence-corrected chi connectivity index (χ4v) is 4.30. The van der Waals surface area contributed by atoms with Gasteiger partial charge < -0.3 is 10.2 Å². The standard InChI is InChI=1S/C22H25N5O3S/c1-15-6-11-18-20(26-16-7-9-17(10-8-16)31(23,29)30)19(14-24-21(18)25-15)22(28)27-12-4-2-3-5-13-27/h6-11,14H,2-5,12-13H2,1H3,(H2,23,29,30)(H,24,25,26).